The van der Waals surface area contributed by atoms with Gasteiger partial charge in [0.1, 0.15) is 0 Å². The molecule has 0 aromatic carbocycles. The fourth-order valence-corrected chi connectivity index (χ4v) is 3.33. The number of carboxylic acid groups (broad SMARTS) is 1. The van der Waals surface area contributed by atoms with E-state index < -0.39 is 5.97 Å². The van der Waals surface area contributed by atoms with Crippen LogP contribution >= 0.6 is 0 Å². The molecule has 1 aliphatic heterocycles. The first-order valence-electron chi connectivity index (χ1n) is 7.36. The van der Waals surface area contributed by atoms with Crippen molar-refractivity contribution in [1.29, 1.82) is 0 Å². The molecule has 0 bridgehead atoms. The van der Waals surface area contributed by atoms with Crippen molar-refractivity contribution in [3.05, 3.63) is 0 Å². The molecule has 2 N–H and O–H groups in total. The number of methoxy groups -OCH3 is 1. The number of nitrogens with zero attached hydrogens (tertiary/aromatic N) is 1. The molecule has 114 valence electrons. The third-order valence-corrected chi connectivity index (χ3v) is 4.47. The monoisotopic (exact) mass is 284 g/mol. The van der Waals surface area contributed by atoms with E-state index in [0.717, 1.165) is 38.8 Å². The highest BCUT2D eigenvalue weighted by Crippen LogP contribution is 2.31. The molecule has 0 radical (unpaired) electrons. The van der Waals surface area contributed by atoms with Gasteiger partial charge in [0.05, 0.1) is 12.5 Å². The molecule has 1 saturated heterocycles. The van der Waals surface area contributed by atoms with Crippen molar-refractivity contribution in [1.82, 2.24) is 10.2 Å². The molecule has 3 atom stereocenters. The lowest BCUT2D eigenvalue weighted by Crippen LogP contribution is -2.41. The average molecular weight is 284 g/mol. The average Bonchev–Trinajstić information content (AvgIpc) is 3.04. The van der Waals surface area contributed by atoms with Crippen LogP contribution in [0, 0.1) is 17.8 Å². The van der Waals surface area contributed by atoms with Crippen LogP contribution in [0.3, 0.4) is 0 Å². The van der Waals surface area contributed by atoms with Crippen molar-refractivity contribution in [2.45, 2.75) is 25.7 Å². The SMILES string of the molecule is COCC1CCN(C(=O)NCC2CCCC2C(=O)O)C1. The van der Waals surface area contributed by atoms with Crippen LogP contribution in [0.15, 0.2) is 0 Å². The molecule has 2 rings (SSSR count). The first-order chi connectivity index (χ1) is 9.61. The number of nitrogens with one attached hydrogen (secondary N) is 1. The summed E-state index contributed by atoms with van der Waals surface area (Å²) in [5, 5.41) is 12.0. The number of urea groups is 1. The van der Waals surface area contributed by atoms with E-state index in [4.69, 9.17) is 9.84 Å². The highest BCUT2D eigenvalue weighted by atomic mass is 16.5. The Morgan fingerprint density at radius 3 is 2.85 bits per heavy atom. The van der Waals surface area contributed by atoms with E-state index in [9.17, 15) is 9.59 Å². The Morgan fingerprint density at radius 2 is 2.15 bits per heavy atom. The number of likely N-dealkylation sites (tertiary alicyclic amines) is 1. The minimum absolute atomic E-state index is 0.0698. The highest BCUT2D eigenvalue weighted by molar-refractivity contribution is 5.75. The summed E-state index contributed by atoms with van der Waals surface area (Å²) in [5.41, 5.74) is 0. The summed E-state index contributed by atoms with van der Waals surface area (Å²) in [6, 6.07) is -0.0698. The summed E-state index contributed by atoms with van der Waals surface area (Å²) >= 11 is 0. The lowest BCUT2D eigenvalue weighted by atomic mass is 9.96. The van der Waals surface area contributed by atoms with E-state index in [1.54, 1.807) is 12.0 Å². The van der Waals surface area contributed by atoms with E-state index in [1.165, 1.54) is 0 Å². The van der Waals surface area contributed by atoms with E-state index in [0.29, 0.717) is 19.1 Å². The molecule has 0 aromatic rings. The first-order valence-corrected chi connectivity index (χ1v) is 7.36. The lowest BCUT2D eigenvalue weighted by molar-refractivity contribution is -0.142. The molecule has 0 aromatic heterocycles. The maximum atomic E-state index is 12.1. The summed E-state index contributed by atoms with van der Waals surface area (Å²) in [7, 11) is 1.68. The second-order valence-electron chi connectivity index (χ2n) is 5.88. The summed E-state index contributed by atoms with van der Waals surface area (Å²) in [4.78, 5) is 24.9. The summed E-state index contributed by atoms with van der Waals surface area (Å²) in [5.74, 6) is -0.531. The molecular weight excluding hydrogens is 260 g/mol. The van der Waals surface area contributed by atoms with Crippen molar-refractivity contribution < 1.29 is 19.4 Å². The molecule has 2 amide bonds. The van der Waals surface area contributed by atoms with Gasteiger partial charge in [-0.3, -0.25) is 4.79 Å². The van der Waals surface area contributed by atoms with Crippen LogP contribution in [-0.2, 0) is 9.53 Å². The van der Waals surface area contributed by atoms with Gasteiger partial charge < -0.3 is 20.1 Å². The van der Waals surface area contributed by atoms with E-state index >= 15 is 0 Å². The van der Waals surface area contributed by atoms with Crippen LogP contribution in [0.25, 0.3) is 0 Å². The predicted molar refractivity (Wildman–Crippen MR) is 73.4 cm³/mol. The Balaban J connectivity index is 1.74. The summed E-state index contributed by atoms with van der Waals surface area (Å²) in [6.07, 6.45) is 3.54. The predicted octanol–water partition coefficient (Wildman–Crippen LogP) is 1.17. The van der Waals surface area contributed by atoms with Gasteiger partial charge in [-0.15, -0.1) is 0 Å². The third kappa shape index (κ3) is 3.62. The Kier molecular flexibility index (Phi) is 5.23. The molecule has 2 fully saturated rings. The zero-order chi connectivity index (χ0) is 14.5. The minimum Gasteiger partial charge on any atom is -0.481 e. The first kappa shape index (κ1) is 15.1. The van der Waals surface area contributed by atoms with Crippen LogP contribution < -0.4 is 5.32 Å². The van der Waals surface area contributed by atoms with Gasteiger partial charge in [-0.05, 0) is 25.2 Å². The summed E-state index contributed by atoms with van der Waals surface area (Å²) in [6.45, 7) is 2.65. The molecule has 1 heterocycles. The number of carboxylic acids is 1. The van der Waals surface area contributed by atoms with Gasteiger partial charge in [-0.25, -0.2) is 4.79 Å². The Hall–Kier alpha value is -1.30. The van der Waals surface area contributed by atoms with Crippen LogP contribution in [0.4, 0.5) is 4.79 Å². The van der Waals surface area contributed by atoms with Gasteiger partial charge in [-0.1, -0.05) is 6.42 Å². The zero-order valence-corrected chi connectivity index (χ0v) is 12.0. The maximum absolute atomic E-state index is 12.1. The molecule has 1 aliphatic carbocycles. The normalized spacial score (nSPS) is 29.6. The van der Waals surface area contributed by atoms with Crippen molar-refractivity contribution in [2.24, 2.45) is 17.8 Å². The Morgan fingerprint density at radius 1 is 1.35 bits per heavy atom. The van der Waals surface area contributed by atoms with E-state index in [-0.39, 0.29) is 17.9 Å². The van der Waals surface area contributed by atoms with Gasteiger partial charge in [0.15, 0.2) is 0 Å². The number of ether oxygens (including phenoxy) is 1. The van der Waals surface area contributed by atoms with Crippen molar-refractivity contribution >= 4 is 12.0 Å². The van der Waals surface area contributed by atoms with Crippen LogP contribution in [0.1, 0.15) is 25.7 Å². The van der Waals surface area contributed by atoms with Gasteiger partial charge in [0.2, 0.25) is 0 Å². The van der Waals surface area contributed by atoms with Gasteiger partial charge >= 0.3 is 12.0 Å². The second kappa shape index (κ2) is 6.92. The van der Waals surface area contributed by atoms with Crippen molar-refractivity contribution in [2.75, 3.05) is 33.4 Å². The minimum atomic E-state index is -0.733. The highest BCUT2D eigenvalue weighted by Gasteiger charge is 2.33. The van der Waals surface area contributed by atoms with E-state index in [2.05, 4.69) is 5.32 Å². The molecular formula is C14H24N2O4. The van der Waals surface area contributed by atoms with Gasteiger partial charge in [0, 0.05) is 32.7 Å². The van der Waals surface area contributed by atoms with E-state index in [1.807, 2.05) is 0 Å². The molecule has 20 heavy (non-hydrogen) atoms. The molecule has 3 unspecified atom stereocenters. The van der Waals surface area contributed by atoms with Gasteiger partial charge in [0.25, 0.3) is 0 Å². The molecule has 2 aliphatic rings. The smallest absolute Gasteiger partial charge is 0.317 e. The molecule has 6 heteroatoms. The van der Waals surface area contributed by atoms with Crippen molar-refractivity contribution in [3.63, 3.8) is 0 Å². The standard InChI is InChI=1S/C14H24N2O4/c1-20-9-10-5-6-16(8-10)14(19)15-7-11-3-2-4-12(11)13(17)18/h10-12H,2-9H2,1H3,(H,15,19)(H,17,18). The van der Waals surface area contributed by atoms with Crippen LogP contribution in [-0.4, -0.2) is 55.4 Å². The number of carbonyl (C=O) groups is 2. The topological polar surface area (TPSA) is 78.9 Å². The van der Waals surface area contributed by atoms with Crippen LogP contribution in [0.2, 0.25) is 0 Å². The number of aliphatic carboxylic acids is 1. The lowest BCUT2D eigenvalue weighted by Gasteiger charge is -2.21. The zero-order valence-electron chi connectivity index (χ0n) is 12.0. The third-order valence-electron chi connectivity index (χ3n) is 4.47. The molecule has 6 nitrogen and oxygen atoms in total. The molecule has 0 spiro atoms. The number of rotatable bonds is 5. The van der Waals surface area contributed by atoms with Crippen molar-refractivity contribution in [3.8, 4) is 0 Å². The fraction of sp³-hybridized carbons (Fsp3) is 0.857. The number of amides is 2. The largest absolute Gasteiger partial charge is 0.481 e. The molecule has 1 saturated carbocycles. The number of hydrogen-bond acceptors (Lipinski definition) is 3. The second-order valence-corrected chi connectivity index (χ2v) is 5.88. The summed E-state index contributed by atoms with van der Waals surface area (Å²) < 4.78 is 5.11. The number of hydrogen-bond donors (Lipinski definition) is 2. The van der Waals surface area contributed by atoms with Gasteiger partial charge in [-0.2, -0.15) is 0 Å². The fourth-order valence-electron chi connectivity index (χ4n) is 3.33. The quantitative estimate of drug-likeness (QED) is 0.794. The number of carbonyl (C=O) groups excluding carboxylic acids is 1. The Labute approximate surface area is 119 Å². The Bertz CT molecular complexity index is 361. The van der Waals surface area contributed by atoms with Crippen LogP contribution in [0.5, 0.6) is 0 Å². The maximum Gasteiger partial charge on any atom is 0.317 e.